The molecule has 1 aromatic heterocycles. The summed E-state index contributed by atoms with van der Waals surface area (Å²) in [7, 11) is 4.51. The Balaban J connectivity index is 1.56. The molecule has 0 saturated carbocycles. The SMILES string of the molecule is COc1cc(OC)c(NC(=O)c2ccc(Oc3cc4c(cc3Cl)NCCC4(C)C)o2)c(OC)c1. The van der Waals surface area contributed by atoms with Crippen LogP contribution in [-0.2, 0) is 5.41 Å². The van der Waals surface area contributed by atoms with Gasteiger partial charge in [-0.25, -0.2) is 0 Å². The van der Waals surface area contributed by atoms with Crippen LogP contribution in [0.4, 0.5) is 11.4 Å². The van der Waals surface area contributed by atoms with E-state index in [-0.39, 0.29) is 17.1 Å². The highest BCUT2D eigenvalue weighted by molar-refractivity contribution is 6.32. The van der Waals surface area contributed by atoms with E-state index in [1.165, 1.54) is 27.4 Å². The number of fused-ring (bicyclic) bond motifs is 1. The van der Waals surface area contributed by atoms with Crippen molar-refractivity contribution in [3.05, 3.63) is 52.7 Å². The summed E-state index contributed by atoms with van der Waals surface area (Å²) in [5.41, 5.74) is 2.44. The number of anilines is 2. The van der Waals surface area contributed by atoms with E-state index >= 15 is 0 Å². The van der Waals surface area contributed by atoms with E-state index in [0.29, 0.717) is 33.7 Å². The molecule has 2 aromatic carbocycles. The summed E-state index contributed by atoms with van der Waals surface area (Å²) in [6.45, 7) is 5.25. The van der Waals surface area contributed by atoms with Crippen LogP contribution >= 0.6 is 11.6 Å². The second kappa shape index (κ2) is 9.38. The molecule has 0 atom stereocenters. The lowest BCUT2D eigenvalue weighted by molar-refractivity contribution is 0.0991. The molecule has 1 amide bonds. The third kappa shape index (κ3) is 4.59. The number of carbonyl (C=O) groups is 1. The molecule has 3 aromatic rings. The topological polar surface area (TPSA) is 91.2 Å². The molecule has 2 heterocycles. The van der Waals surface area contributed by atoms with Crippen molar-refractivity contribution in [2.75, 3.05) is 38.5 Å². The number of carbonyl (C=O) groups excluding carboxylic acids is 1. The standard InChI is InChI=1S/C25H27ClN2O6/c1-25(2)8-9-27-17-13-16(26)19(12-15(17)25)34-22-7-6-18(33-22)24(29)28-23-20(31-4)10-14(30-3)11-21(23)32-5/h6-7,10-13,27H,8-9H2,1-5H3,(H,28,29). The summed E-state index contributed by atoms with van der Waals surface area (Å²) < 4.78 is 27.5. The van der Waals surface area contributed by atoms with E-state index in [2.05, 4.69) is 24.5 Å². The molecular formula is C25H27ClN2O6. The summed E-state index contributed by atoms with van der Waals surface area (Å²) in [6, 6.07) is 10.1. The second-order valence-corrected chi connectivity index (χ2v) is 8.88. The van der Waals surface area contributed by atoms with Gasteiger partial charge in [-0.15, -0.1) is 0 Å². The maximum Gasteiger partial charge on any atom is 0.291 e. The normalized spacial score (nSPS) is 13.9. The summed E-state index contributed by atoms with van der Waals surface area (Å²) in [5, 5.41) is 6.58. The summed E-state index contributed by atoms with van der Waals surface area (Å²) in [5.74, 6) is 1.43. The molecule has 2 N–H and O–H groups in total. The number of ether oxygens (including phenoxy) is 4. The highest BCUT2D eigenvalue weighted by Crippen LogP contribution is 2.43. The van der Waals surface area contributed by atoms with E-state index in [0.717, 1.165) is 24.2 Å². The molecule has 0 bridgehead atoms. The number of methoxy groups -OCH3 is 3. The van der Waals surface area contributed by atoms with Gasteiger partial charge in [-0.2, -0.15) is 0 Å². The smallest absolute Gasteiger partial charge is 0.291 e. The van der Waals surface area contributed by atoms with Gasteiger partial charge in [0.2, 0.25) is 0 Å². The van der Waals surface area contributed by atoms with Crippen LogP contribution in [-0.4, -0.2) is 33.8 Å². The largest absolute Gasteiger partial charge is 0.496 e. The van der Waals surface area contributed by atoms with E-state index in [4.69, 9.17) is 35.0 Å². The molecule has 0 unspecified atom stereocenters. The van der Waals surface area contributed by atoms with Crippen LogP contribution in [0.15, 0.2) is 40.8 Å². The quantitative estimate of drug-likeness (QED) is 0.417. The van der Waals surface area contributed by atoms with E-state index in [9.17, 15) is 4.79 Å². The zero-order chi connectivity index (χ0) is 24.5. The number of furan rings is 1. The fourth-order valence-electron chi connectivity index (χ4n) is 3.89. The molecule has 0 spiro atoms. The number of rotatable bonds is 7. The first-order valence-electron chi connectivity index (χ1n) is 10.7. The van der Waals surface area contributed by atoms with Gasteiger partial charge in [0.15, 0.2) is 5.76 Å². The minimum absolute atomic E-state index is 0.0199. The lowest BCUT2D eigenvalue weighted by Gasteiger charge is -2.33. The van der Waals surface area contributed by atoms with Gasteiger partial charge in [-0.05, 0) is 35.6 Å². The number of hydrogen-bond acceptors (Lipinski definition) is 7. The zero-order valence-corrected chi connectivity index (χ0v) is 20.5. The Bertz CT molecular complexity index is 1200. The summed E-state index contributed by atoms with van der Waals surface area (Å²) in [4.78, 5) is 12.9. The Hall–Kier alpha value is -3.52. The summed E-state index contributed by atoms with van der Waals surface area (Å²) in [6.07, 6.45) is 0.991. The Morgan fingerprint density at radius 1 is 1.03 bits per heavy atom. The van der Waals surface area contributed by atoms with E-state index in [1.54, 1.807) is 18.2 Å². The van der Waals surface area contributed by atoms with Gasteiger partial charge < -0.3 is 34.0 Å². The second-order valence-electron chi connectivity index (χ2n) is 8.47. The van der Waals surface area contributed by atoms with Crippen LogP contribution in [0.3, 0.4) is 0 Å². The third-order valence-electron chi connectivity index (χ3n) is 5.84. The van der Waals surface area contributed by atoms with Crippen LogP contribution in [0.5, 0.6) is 28.9 Å². The predicted molar refractivity (Wildman–Crippen MR) is 130 cm³/mol. The van der Waals surface area contributed by atoms with Gasteiger partial charge in [-0.1, -0.05) is 25.4 Å². The minimum Gasteiger partial charge on any atom is -0.496 e. The number of hydrogen-bond donors (Lipinski definition) is 2. The van der Waals surface area contributed by atoms with Crippen molar-refractivity contribution in [2.45, 2.75) is 25.7 Å². The van der Waals surface area contributed by atoms with Crippen LogP contribution in [0, 0.1) is 0 Å². The molecule has 1 aliphatic rings. The summed E-state index contributed by atoms with van der Waals surface area (Å²) >= 11 is 6.45. The van der Waals surface area contributed by atoms with Crippen molar-refractivity contribution in [2.24, 2.45) is 0 Å². The molecule has 180 valence electrons. The fraction of sp³-hybridized carbons (Fsp3) is 0.320. The molecule has 4 rings (SSSR count). The third-order valence-corrected chi connectivity index (χ3v) is 6.13. The number of amides is 1. The molecule has 9 heteroatoms. The predicted octanol–water partition coefficient (Wildman–Crippen LogP) is 6.10. The van der Waals surface area contributed by atoms with E-state index < -0.39 is 5.91 Å². The van der Waals surface area contributed by atoms with Crippen LogP contribution in [0.2, 0.25) is 5.02 Å². The molecule has 0 aliphatic carbocycles. The van der Waals surface area contributed by atoms with Gasteiger partial charge >= 0.3 is 0 Å². The van der Waals surface area contributed by atoms with Crippen molar-refractivity contribution in [1.82, 2.24) is 0 Å². The van der Waals surface area contributed by atoms with Crippen LogP contribution < -0.4 is 29.6 Å². The van der Waals surface area contributed by atoms with Gasteiger partial charge in [0.25, 0.3) is 11.9 Å². The molecule has 8 nitrogen and oxygen atoms in total. The molecular weight excluding hydrogens is 460 g/mol. The minimum atomic E-state index is -0.501. The monoisotopic (exact) mass is 486 g/mol. The van der Waals surface area contributed by atoms with Crippen molar-refractivity contribution in [3.63, 3.8) is 0 Å². The first-order chi connectivity index (χ1) is 16.2. The van der Waals surface area contributed by atoms with Gasteiger partial charge in [0, 0.05) is 30.4 Å². The van der Waals surface area contributed by atoms with Gasteiger partial charge in [0.05, 0.1) is 26.4 Å². The number of benzene rings is 2. The van der Waals surface area contributed by atoms with Crippen molar-refractivity contribution < 1.29 is 28.2 Å². The first-order valence-corrected chi connectivity index (χ1v) is 11.1. The highest BCUT2D eigenvalue weighted by Gasteiger charge is 2.29. The zero-order valence-electron chi connectivity index (χ0n) is 19.7. The van der Waals surface area contributed by atoms with Crippen LogP contribution in [0.25, 0.3) is 0 Å². The Kier molecular flexibility index (Phi) is 6.52. The van der Waals surface area contributed by atoms with E-state index in [1.807, 2.05) is 12.1 Å². The number of nitrogens with one attached hydrogen (secondary N) is 2. The van der Waals surface area contributed by atoms with Gasteiger partial charge in [0.1, 0.15) is 28.7 Å². The maximum absolute atomic E-state index is 12.9. The average Bonchev–Trinajstić information content (AvgIpc) is 3.28. The first kappa shape index (κ1) is 23.6. The fourth-order valence-corrected chi connectivity index (χ4v) is 4.09. The van der Waals surface area contributed by atoms with Crippen LogP contribution in [0.1, 0.15) is 36.4 Å². The average molecular weight is 487 g/mol. The Morgan fingerprint density at radius 2 is 1.74 bits per heavy atom. The molecule has 0 fully saturated rings. The highest BCUT2D eigenvalue weighted by atomic mass is 35.5. The number of halogens is 1. The lowest BCUT2D eigenvalue weighted by Crippen LogP contribution is -2.28. The van der Waals surface area contributed by atoms with Gasteiger partial charge in [-0.3, -0.25) is 4.79 Å². The Morgan fingerprint density at radius 3 is 2.38 bits per heavy atom. The van der Waals surface area contributed by atoms with Crippen molar-refractivity contribution in [1.29, 1.82) is 0 Å². The molecule has 0 radical (unpaired) electrons. The molecule has 1 aliphatic heterocycles. The lowest BCUT2D eigenvalue weighted by atomic mass is 9.78. The molecule has 34 heavy (non-hydrogen) atoms. The molecule has 0 saturated heterocycles. The van der Waals surface area contributed by atoms with Crippen molar-refractivity contribution >= 4 is 28.9 Å². The van der Waals surface area contributed by atoms with Crippen molar-refractivity contribution in [3.8, 4) is 28.9 Å². The Labute approximate surface area is 203 Å². The maximum atomic E-state index is 12.9.